The van der Waals surface area contributed by atoms with E-state index >= 15 is 0 Å². The molecule has 2 aromatic rings. The largest absolute Gasteiger partial charge is 0.384 e. The third-order valence-electron chi connectivity index (χ3n) is 5.59. The van der Waals surface area contributed by atoms with E-state index in [-0.39, 0.29) is 11.3 Å². The lowest BCUT2D eigenvalue weighted by Crippen LogP contribution is -2.38. The number of rotatable bonds is 7. The molecule has 1 aromatic heterocycles. The van der Waals surface area contributed by atoms with Crippen LogP contribution in [0.25, 0.3) is 11.0 Å². The summed E-state index contributed by atoms with van der Waals surface area (Å²) in [5.74, 6) is 0.974. The van der Waals surface area contributed by atoms with E-state index in [2.05, 4.69) is 41.3 Å². The molecule has 1 saturated carbocycles. The molecule has 0 radical (unpaired) electrons. The quantitative estimate of drug-likeness (QED) is 0.809. The van der Waals surface area contributed by atoms with E-state index in [0.29, 0.717) is 12.8 Å². The number of nitrogens with one attached hydrogen (secondary N) is 2. The Morgan fingerprint density at radius 1 is 1.32 bits per heavy atom. The molecule has 1 aromatic carbocycles. The zero-order chi connectivity index (χ0) is 17.9. The Morgan fingerprint density at radius 3 is 2.80 bits per heavy atom. The minimum absolute atomic E-state index is 0.0933. The molecule has 25 heavy (non-hydrogen) atoms. The average molecular weight is 343 g/mol. The number of nitrogens with zero attached hydrogens (tertiary/aromatic N) is 1. The molecule has 0 atom stereocenters. The van der Waals surface area contributed by atoms with Crippen LogP contribution in [0, 0.1) is 19.3 Å². The number of carbonyl (C=O) groups is 1. The average Bonchev–Trinajstić information content (AvgIpc) is 3.23. The number of aryl methyl sites for hydroxylation is 3. The highest BCUT2D eigenvalue weighted by atomic mass is 16.5. The van der Waals surface area contributed by atoms with Gasteiger partial charge in [0.2, 0.25) is 5.91 Å². The molecule has 0 saturated heterocycles. The Hall–Kier alpha value is -1.88. The molecule has 1 fully saturated rings. The van der Waals surface area contributed by atoms with Crippen LogP contribution in [-0.4, -0.2) is 36.1 Å². The van der Waals surface area contributed by atoms with Crippen LogP contribution in [0.3, 0.4) is 0 Å². The molecule has 3 rings (SSSR count). The van der Waals surface area contributed by atoms with Crippen molar-refractivity contribution in [2.24, 2.45) is 5.41 Å². The predicted octanol–water partition coefficient (Wildman–Crippen LogP) is 3.44. The zero-order valence-electron chi connectivity index (χ0n) is 15.6. The number of aromatic amines is 1. The smallest absolute Gasteiger partial charge is 0.220 e. The Kier molecular flexibility index (Phi) is 5.42. The second-order valence-corrected chi connectivity index (χ2v) is 7.50. The van der Waals surface area contributed by atoms with E-state index in [0.717, 1.165) is 42.9 Å². The first-order chi connectivity index (χ1) is 12.0. The molecule has 0 aliphatic heterocycles. The number of amides is 1. The number of benzene rings is 1. The van der Waals surface area contributed by atoms with Crippen molar-refractivity contribution in [1.29, 1.82) is 0 Å². The number of imidazole rings is 1. The fourth-order valence-electron chi connectivity index (χ4n) is 3.89. The molecule has 0 unspecified atom stereocenters. The van der Waals surface area contributed by atoms with Gasteiger partial charge in [-0.3, -0.25) is 4.79 Å². The van der Waals surface area contributed by atoms with Gasteiger partial charge in [-0.05, 0) is 43.9 Å². The van der Waals surface area contributed by atoms with Gasteiger partial charge in [0.1, 0.15) is 5.82 Å². The van der Waals surface area contributed by atoms with Gasteiger partial charge >= 0.3 is 0 Å². The van der Waals surface area contributed by atoms with Crippen molar-refractivity contribution in [2.75, 3.05) is 20.3 Å². The molecule has 1 amide bonds. The number of ether oxygens (including phenoxy) is 1. The minimum atomic E-state index is 0.0933. The summed E-state index contributed by atoms with van der Waals surface area (Å²) in [7, 11) is 1.74. The number of H-pyrrole nitrogens is 1. The summed E-state index contributed by atoms with van der Waals surface area (Å²) < 4.78 is 5.38. The molecule has 1 heterocycles. The Labute approximate surface area is 149 Å². The molecule has 1 aliphatic carbocycles. The van der Waals surface area contributed by atoms with Crippen molar-refractivity contribution in [3.8, 4) is 0 Å². The second kappa shape index (κ2) is 7.56. The van der Waals surface area contributed by atoms with E-state index in [1.165, 1.54) is 24.0 Å². The van der Waals surface area contributed by atoms with Crippen molar-refractivity contribution in [2.45, 2.75) is 52.4 Å². The van der Waals surface area contributed by atoms with Gasteiger partial charge in [0.05, 0.1) is 17.6 Å². The van der Waals surface area contributed by atoms with Gasteiger partial charge in [0.15, 0.2) is 0 Å². The summed E-state index contributed by atoms with van der Waals surface area (Å²) in [6.07, 6.45) is 5.85. The number of carbonyl (C=O) groups excluding carboxylic acids is 1. The summed E-state index contributed by atoms with van der Waals surface area (Å²) in [5, 5.41) is 3.11. The number of hydrogen-bond acceptors (Lipinski definition) is 3. The molecule has 0 bridgehead atoms. The Morgan fingerprint density at radius 2 is 2.08 bits per heavy atom. The maximum absolute atomic E-state index is 12.3. The summed E-state index contributed by atoms with van der Waals surface area (Å²) in [5.41, 5.74) is 4.64. The maximum Gasteiger partial charge on any atom is 0.220 e. The first-order valence-electron chi connectivity index (χ1n) is 9.23. The van der Waals surface area contributed by atoms with Crippen molar-refractivity contribution in [1.82, 2.24) is 15.3 Å². The van der Waals surface area contributed by atoms with Crippen LogP contribution < -0.4 is 5.32 Å². The molecule has 0 spiro atoms. The zero-order valence-corrected chi connectivity index (χ0v) is 15.6. The SMILES string of the molecule is COCC1(CNC(=O)CCc2nc3c(C)c(C)ccc3[nH]2)CCCC1. The van der Waals surface area contributed by atoms with Crippen LogP contribution in [-0.2, 0) is 16.0 Å². The molecular formula is C20H29N3O2. The summed E-state index contributed by atoms with van der Waals surface area (Å²) in [6.45, 7) is 5.63. The lowest BCUT2D eigenvalue weighted by atomic mass is 9.87. The summed E-state index contributed by atoms with van der Waals surface area (Å²) >= 11 is 0. The van der Waals surface area contributed by atoms with E-state index in [4.69, 9.17) is 4.74 Å². The van der Waals surface area contributed by atoms with Gasteiger partial charge in [-0.2, -0.15) is 0 Å². The first-order valence-corrected chi connectivity index (χ1v) is 9.23. The third kappa shape index (κ3) is 4.03. The summed E-state index contributed by atoms with van der Waals surface area (Å²) in [4.78, 5) is 20.3. The molecule has 136 valence electrons. The van der Waals surface area contributed by atoms with Crippen LogP contribution in [0.5, 0.6) is 0 Å². The predicted molar refractivity (Wildman–Crippen MR) is 99.7 cm³/mol. The van der Waals surface area contributed by atoms with E-state index in [1.807, 2.05) is 0 Å². The van der Waals surface area contributed by atoms with Crippen molar-refractivity contribution < 1.29 is 9.53 Å². The van der Waals surface area contributed by atoms with Gasteiger partial charge in [0.25, 0.3) is 0 Å². The number of aromatic nitrogens is 2. The van der Waals surface area contributed by atoms with Crippen LogP contribution in [0.1, 0.15) is 49.1 Å². The van der Waals surface area contributed by atoms with Crippen LogP contribution in [0.4, 0.5) is 0 Å². The summed E-state index contributed by atoms with van der Waals surface area (Å²) in [6, 6.07) is 4.16. The molecule has 2 N–H and O–H groups in total. The fraction of sp³-hybridized carbons (Fsp3) is 0.600. The third-order valence-corrected chi connectivity index (χ3v) is 5.59. The van der Waals surface area contributed by atoms with Gasteiger partial charge < -0.3 is 15.0 Å². The number of fused-ring (bicyclic) bond motifs is 1. The van der Waals surface area contributed by atoms with Gasteiger partial charge in [-0.1, -0.05) is 18.9 Å². The van der Waals surface area contributed by atoms with Crippen molar-refractivity contribution in [3.05, 3.63) is 29.1 Å². The Bertz CT molecular complexity index is 745. The highest BCUT2D eigenvalue weighted by Gasteiger charge is 2.34. The highest BCUT2D eigenvalue weighted by molar-refractivity contribution is 5.80. The van der Waals surface area contributed by atoms with Crippen molar-refractivity contribution in [3.63, 3.8) is 0 Å². The molecule has 5 heteroatoms. The Balaban J connectivity index is 1.54. The molecule has 5 nitrogen and oxygen atoms in total. The van der Waals surface area contributed by atoms with Crippen molar-refractivity contribution >= 4 is 16.9 Å². The second-order valence-electron chi connectivity index (χ2n) is 7.50. The lowest BCUT2D eigenvalue weighted by Gasteiger charge is -2.28. The van der Waals surface area contributed by atoms with Crippen LogP contribution in [0.2, 0.25) is 0 Å². The van der Waals surface area contributed by atoms with Gasteiger partial charge in [0, 0.05) is 31.9 Å². The number of methoxy groups -OCH3 is 1. The number of hydrogen-bond donors (Lipinski definition) is 2. The van der Waals surface area contributed by atoms with E-state index < -0.39 is 0 Å². The van der Waals surface area contributed by atoms with E-state index in [9.17, 15) is 4.79 Å². The molecular weight excluding hydrogens is 314 g/mol. The normalized spacial score (nSPS) is 16.4. The standard InChI is InChI=1S/C20H29N3O2/c1-14-6-7-16-19(15(14)2)23-17(22-16)8-9-18(24)21-12-20(13-25-3)10-4-5-11-20/h6-7H,4-5,8-13H2,1-3H3,(H,21,24)(H,22,23). The monoisotopic (exact) mass is 343 g/mol. The first kappa shape index (κ1) is 17.9. The molecule has 1 aliphatic rings. The van der Waals surface area contributed by atoms with Gasteiger partial charge in [-0.25, -0.2) is 4.98 Å². The van der Waals surface area contributed by atoms with Crippen LogP contribution >= 0.6 is 0 Å². The fourth-order valence-corrected chi connectivity index (χ4v) is 3.89. The van der Waals surface area contributed by atoms with E-state index in [1.54, 1.807) is 7.11 Å². The lowest BCUT2D eigenvalue weighted by molar-refractivity contribution is -0.121. The van der Waals surface area contributed by atoms with Crippen LogP contribution in [0.15, 0.2) is 12.1 Å². The minimum Gasteiger partial charge on any atom is -0.384 e. The highest BCUT2D eigenvalue weighted by Crippen LogP contribution is 2.37. The van der Waals surface area contributed by atoms with Gasteiger partial charge in [-0.15, -0.1) is 0 Å². The topological polar surface area (TPSA) is 67.0 Å². The maximum atomic E-state index is 12.3.